The molecule has 1 rings (SSSR count). The van der Waals surface area contributed by atoms with Gasteiger partial charge in [-0.2, -0.15) is 0 Å². The van der Waals surface area contributed by atoms with Crippen molar-refractivity contribution in [1.82, 2.24) is 5.06 Å². The monoisotopic (exact) mass is 348 g/mol. The Morgan fingerprint density at radius 1 is 1.47 bits per heavy atom. The van der Waals surface area contributed by atoms with Crippen LogP contribution in [0, 0.1) is 0 Å². The van der Waals surface area contributed by atoms with Gasteiger partial charge in [0.25, 0.3) is 0 Å². The van der Waals surface area contributed by atoms with E-state index >= 15 is 0 Å². The van der Waals surface area contributed by atoms with E-state index in [-0.39, 0.29) is 9.97 Å². The number of hydrogen-bond donors (Lipinski definition) is 2. The summed E-state index contributed by atoms with van der Waals surface area (Å²) < 4.78 is 0.184. The number of alkyl halides is 1. The molecule has 5 heteroatoms. The topological polar surface area (TPSA) is 52.6 Å². The molecule has 1 aromatic carbocycles. The molecule has 2 N–H and O–H groups in total. The number of nitrogens with zero attached hydrogens (tertiary/aromatic N) is 1. The maximum Gasteiger partial charge on any atom is 0.345 e. The number of hydroxylamine groups is 2. The van der Waals surface area contributed by atoms with E-state index in [1.54, 1.807) is 12.1 Å². The Morgan fingerprint density at radius 3 is 2.53 bits per heavy atom. The second-order valence-corrected chi connectivity index (χ2v) is 5.76. The Kier molecular flexibility index (Phi) is 5.70. The van der Waals surface area contributed by atoms with Crippen LogP contribution in [0.4, 0.5) is 10.5 Å². The highest BCUT2D eigenvalue weighted by Gasteiger charge is 2.24. The number of hydrogen-bond acceptors (Lipinski definition) is 2. The van der Waals surface area contributed by atoms with Crippen molar-refractivity contribution in [2.24, 2.45) is 0 Å². The molecule has 0 spiro atoms. The summed E-state index contributed by atoms with van der Waals surface area (Å²) in [6.07, 6.45) is 0.711. The standard InChI is InChI=1S/C12H17IN2O2/c1-3-11(9(2)13)15(17)12(16)14-10-7-5-4-6-8-10/h4-9,11,17H,3H2,1-2H3,(H,14,16). The van der Waals surface area contributed by atoms with Gasteiger partial charge < -0.3 is 5.32 Å². The summed E-state index contributed by atoms with van der Waals surface area (Å²) in [6.45, 7) is 3.91. The van der Waals surface area contributed by atoms with E-state index in [2.05, 4.69) is 27.9 Å². The van der Waals surface area contributed by atoms with Gasteiger partial charge in [-0.3, -0.25) is 5.21 Å². The first kappa shape index (κ1) is 14.2. The average molecular weight is 348 g/mol. The fourth-order valence-electron chi connectivity index (χ4n) is 1.55. The van der Waals surface area contributed by atoms with Gasteiger partial charge in [0.2, 0.25) is 0 Å². The van der Waals surface area contributed by atoms with Gasteiger partial charge in [-0.05, 0) is 18.6 Å². The zero-order valence-corrected chi connectivity index (χ0v) is 12.1. The van der Waals surface area contributed by atoms with Crippen molar-refractivity contribution in [3.63, 3.8) is 0 Å². The number of anilines is 1. The van der Waals surface area contributed by atoms with Crippen LogP contribution in [0.3, 0.4) is 0 Å². The maximum absolute atomic E-state index is 11.8. The van der Waals surface area contributed by atoms with E-state index in [0.717, 1.165) is 5.06 Å². The SMILES string of the molecule is CCC(C(C)I)N(O)C(=O)Nc1ccccc1. The Labute approximate surface area is 115 Å². The molecule has 1 aromatic rings. The van der Waals surface area contributed by atoms with Crippen LogP contribution >= 0.6 is 22.6 Å². The van der Waals surface area contributed by atoms with Crippen LogP contribution in [-0.4, -0.2) is 26.3 Å². The number of rotatable bonds is 4. The van der Waals surface area contributed by atoms with Crippen molar-refractivity contribution < 1.29 is 10.0 Å². The number of benzene rings is 1. The van der Waals surface area contributed by atoms with Gasteiger partial charge >= 0.3 is 6.03 Å². The molecular weight excluding hydrogens is 331 g/mol. The lowest BCUT2D eigenvalue weighted by atomic mass is 10.2. The molecule has 0 fully saturated rings. The lowest BCUT2D eigenvalue weighted by molar-refractivity contribution is -0.0718. The minimum Gasteiger partial charge on any atom is -0.306 e. The van der Waals surface area contributed by atoms with E-state index < -0.39 is 6.03 Å². The van der Waals surface area contributed by atoms with Crippen LogP contribution in [0.25, 0.3) is 0 Å². The van der Waals surface area contributed by atoms with E-state index in [1.165, 1.54) is 0 Å². The van der Waals surface area contributed by atoms with Gasteiger partial charge in [-0.1, -0.05) is 54.6 Å². The third kappa shape index (κ3) is 4.16. The van der Waals surface area contributed by atoms with Crippen molar-refractivity contribution in [3.8, 4) is 0 Å². The van der Waals surface area contributed by atoms with Crippen LogP contribution in [0.5, 0.6) is 0 Å². The molecule has 0 aliphatic carbocycles. The minimum absolute atomic E-state index is 0.181. The van der Waals surface area contributed by atoms with Crippen molar-refractivity contribution >= 4 is 34.3 Å². The number of para-hydroxylation sites is 1. The van der Waals surface area contributed by atoms with E-state index in [4.69, 9.17) is 0 Å². The smallest absolute Gasteiger partial charge is 0.306 e. The Morgan fingerprint density at radius 2 is 2.06 bits per heavy atom. The van der Waals surface area contributed by atoms with E-state index in [9.17, 15) is 10.0 Å². The molecule has 2 atom stereocenters. The first-order chi connectivity index (χ1) is 8.06. The largest absolute Gasteiger partial charge is 0.345 e. The number of amides is 2. The number of halogens is 1. The van der Waals surface area contributed by atoms with E-state index in [1.807, 2.05) is 32.0 Å². The highest BCUT2D eigenvalue weighted by molar-refractivity contribution is 14.1. The Hall–Kier alpha value is -0.820. The maximum atomic E-state index is 11.8. The zero-order valence-electron chi connectivity index (χ0n) is 9.93. The molecule has 0 bridgehead atoms. The van der Waals surface area contributed by atoms with Gasteiger partial charge in [0.15, 0.2) is 0 Å². The van der Waals surface area contributed by atoms with Gasteiger partial charge in [0.05, 0.1) is 6.04 Å². The second kappa shape index (κ2) is 6.80. The predicted octanol–water partition coefficient (Wildman–Crippen LogP) is 3.51. The molecule has 0 aliphatic heterocycles. The third-order valence-electron chi connectivity index (χ3n) is 2.50. The fourth-order valence-corrected chi connectivity index (χ4v) is 2.36. The highest BCUT2D eigenvalue weighted by Crippen LogP contribution is 2.16. The molecular formula is C12H17IN2O2. The number of carbonyl (C=O) groups excluding carboxylic acids is 1. The van der Waals surface area contributed by atoms with Gasteiger partial charge in [-0.15, -0.1) is 0 Å². The van der Waals surface area contributed by atoms with Crippen LogP contribution in [-0.2, 0) is 0 Å². The number of nitrogens with one attached hydrogen (secondary N) is 1. The van der Waals surface area contributed by atoms with Gasteiger partial charge in [-0.25, -0.2) is 9.86 Å². The summed E-state index contributed by atoms with van der Waals surface area (Å²) >= 11 is 2.20. The van der Waals surface area contributed by atoms with Crippen LogP contribution < -0.4 is 5.32 Å². The van der Waals surface area contributed by atoms with Gasteiger partial charge in [0.1, 0.15) is 0 Å². The first-order valence-corrected chi connectivity index (χ1v) is 6.79. The van der Waals surface area contributed by atoms with Crippen LogP contribution in [0.1, 0.15) is 20.3 Å². The Bertz CT molecular complexity index is 357. The van der Waals surface area contributed by atoms with Crippen molar-refractivity contribution in [1.29, 1.82) is 0 Å². The minimum atomic E-state index is -0.494. The lowest BCUT2D eigenvalue weighted by Crippen LogP contribution is -2.43. The second-order valence-electron chi connectivity index (χ2n) is 3.79. The zero-order chi connectivity index (χ0) is 12.8. The molecule has 0 heterocycles. The predicted molar refractivity (Wildman–Crippen MR) is 76.6 cm³/mol. The number of urea groups is 1. The molecule has 2 amide bonds. The summed E-state index contributed by atoms with van der Waals surface area (Å²) in [7, 11) is 0. The normalized spacial score (nSPS) is 13.9. The summed E-state index contributed by atoms with van der Waals surface area (Å²) in [5, 5.41) is 13.3. The molecule has 4 nitrogen and oxygen atoms in total. The van der Waals surface area contributed by atoms with Crippen LogP contribution in [0.2, 0.25) is 0 Å². The average Bonchev–Trinajstić information content (AvgIpc) is 2.30. The fraction of sp³-hybridized carbons (Fsp3) is 0.417. The summed E-state index contributed by atoms with van der Waals surface area (Å²) in [5.74, 6) is 0. The van der Waals surface area contributed by atoms with Crippen LogP contribution in [0.15, 0.2) is 30.3 Å². The lowest BCUT2D eigenvalue weighted by Gasteiger charge is -2.27. The Balaban J connectivity index is 2.64. The quantitative estimate of drug-likeness (QED) is 0.379. The third-order valence-corrected chi connectivity index (χ3v) is 3.33. The van der Waals surface area contributed by atoms with Gasteiger partial charge in [0, 0.05) is 9.61 Å². The summed E-state index contributed by atoms with van der Waals surface area (Å²) in [6, 6.07) is 8.41. The van der Waals surface area contributed by atoms with Crippen molar-refractivity contribution in [2.45, 2.75) is 30.2 Å². The molecule has 0 saturated heterocycles. The highest BCUT2D eigenvalue weighted by atomic mass is 127. The molecule has 94 valence electrons. The molecule has 0 saturated carbocycles. The first-order valence-electron chi connectivity index (χ1n) is 5.54. The van der Waals surface area contributed by atoms with Crippen molar-refractivity contribution in [3.05, 3.63) is 30.3 Å². The summed E-state index contributed by atoms with van der Waals surface area (Å²) in [5.41, 5.74) is 0.674. The molecule has 0 radical (unpaired) electrons. The van der Waals surface area contributed by atoms with Crippen molar-refractivity contribution in [2.75, 3.05) is 5.32 Å². The molecule has 0 aromatic heterocycles. The summed E-state index contributed by atoms with van der Waals surface area (Å²) in [4.78, 5) is 11.8. The van der Waals surface area contributed by atoms with E-state index in [0.29, 0.717) is 12.1 Å². The molecule has 17 heavy (non-hydrogen) atoms. The number of carbonyl (C=O) groups is 1. The molecule has 2 unspecified atom stereocenters. The molecule has 0 aliphatic rings.